The summed E-state index contributed by atoms with van der Waals surface area (Å²) in [6.45, 7) is 3.37. The fourth-order valence-corrected chi connectivity index (χ4v) is 3.53. The third-order valence-corrected chi connectivity index (χ3v) is 5.12. The Morgan fingerprint density at radius 2 is 1.81 bits per heavy atom. The lowest BCUT2D eigenvalue weighted by molar-refractivity contribution is -0.138. The third-order valence-electron chi connectivity index (χ3n) is 5.12. The maximum Gasteiger partial charge on any atom is 0.303 e. The van der Waals surface area contributed by atoms with Gasteiger partial charge >= 0.3 is 5.97 Å². The Labute approximate surface area is 158 Å². The summed E-state index contributed by atoms with van der Waals surface area (Å²) in [4.78, 5) is 37.4. The van der Waals surface area contributed by atoms with E-state index in [0.29, 0.717) is 43.7 Å². The molecular formula is C19H26N4O4. The second-order valence-electron chi connectivity index (χ2n) is 7.11. The Hall–Kier alpha value is -2.45. The molecule has 2 amide bonds. The molecule has 0 radical (unpaired) electrons. The van der Waals surface area contributed by atoms with Crippen LogP contribution in [0.15, 0.2) is 24.3 Å². The second kappa shape index (κ2) is 8.96. The van der Waals surface area contributed by atoms with Gasteiger partial charge in [-0.1, -0.05) is 0 Å². The number of carboxylic acid groups (broad SMARTS) is 1. The van der Waals surface area contributed by atoms with Gasteiger partial charge < -0.3 is 26.0 Å². The van der Waals surface area contributed by atoms with Crippen LogP contribution in [0.4, 0.5) is 5.69 Å². The number of amides is 2. The average Bonchev–Trinajstić information content (AvgIpc) is 2.69. The highest BCUT2D eigenvalue weighted by Gasteiger charge is 2.25. The van der Waals surface area contributed by atoms with Crippen molar-refractivity contribution in [2.45, 2.75) is 25.3 Å². The first-order chi connectivity index (χ1) is 13.0. The van der Waals surface area contributed by atoms with E-state index in [9.17, 15) is 14.4 Å². The molecule has 8 nitrogen and oxygen atoms in total. The molecule has 1 aromatic carbocycles. The van der Waals surface area contributed by atoms with Crippen LogP contribution in [0.2, 0.25) is 0 Å². The molecule has 27 heavy (non-hydrogen) atoms. The summed E-state index contributed by atoms with van der Waals surface area (Å²) >= 11 is 0. The molecular weight excluding hydrogens is 348 g/mol. The second-order valence-corrected chi connectivity index (χ2v) is 7.11. The third kappa shape index (κ3) is 5.27. The van der Waals surface area contributed by atoms with E-state index in [4.69, 9.17) is 5.11 Å². The molecule has 4 N–H and O–H groups in total. The van der Waals surface area contributed by atoms with Gasteiger partial charge in [-0.25, -0.2) is 0 Å². The van der Waals surface area contributed by atoms with Crippen LogP contribution in [0.1, 0.15) is 29.6 Å². The van der Waals surface area contributed by atoms with Crippen molar-refractivity contribution < 1.29 is 19.5 Å². The van der Waals surface area contributed by atoms with Crippen LogP contribution in [0.25, 0.3) is 0 Å². The van der Waals surface area contributed by atoms with Gasteiger partial charge in [0.05, 0.1) is 6.04 Å². The fraction of sp³-hybridized carbons (Fsp3) is 0.526. The number of carboxylic acids is 1. The number of nitrogens with zero attached hydrogens (tertiary/aromatic N) is 1. The quantitative estimate of drug-likeness (QED) is 0.598. The van der Waals surface area contributed by atoms with E-state index >= 15 is 0 Å². The topological polar surface area (TPSA) is 111 Å². The number of aliphatic carboxylic acids is 1. The van der Waals surface area contributed by atoms with Gasteiger partial charge in [0.1, 0.15) is 0 Å². The summed E-state index contributed by atoms with van der Waals surface area (Å²) in [6.07, 6.45) is 1.60. The minimum atomic E-state index is -0.781. The van der Waals surface area contributed by atoms with Crippen LogP contribution in [0.5, 0.6) is 0 Å². The lowest BCUT2D eigenvalue weighted by Crippen LogP contribution is -2.54. The minimum Gasteiger partial charge on any atom is -0.481 e. The van der Waals surface area contributed by atoms with Crippen LogP contribution >= 0.6 is 0 Å². The minimum absolute atomic E-state index is 0.0557. The maximum absolute atomic E-state index is 12.6. The van der Waals surface area contributed by atoms with Gasteiger partial charge in [0, 0.05) is 50.4 Å². The van der Waals surface area contributed by atoms with Crippen LogP contribution in [0, 0.1) is 5.92 Å². The first kappa shape index (κ1) is 19.3. The number of piperidine rings is 1. The highest BCUT2D eigenvalue weighted by molar-refractivity contribution is 5.97. The van der Waals surface area contributed by atoms with E-state index in [2.05, 4.69) is 16.0 Å². The first-order valence-corrected chi connectivity index (χ1v) is 9.39. The van der Waals surface area contributed by atoms with Crippen molar-refractivity contribution in [2.24, 2.45) is 5.92 Å². The number of hydrogen-bond acceptors (Lipinski definition) is 5. The van der Waals surface area contributed by atoms with Crippen LogP contribution < -0.4 is 16.0 Å². The van der Waals surface area contributed by atoms with Gasteiger partial charge in [0.25, 0.3) is 5.91 Å². The molecule has 1 aromatic rings. The molecule has 2 aliphatic rings. The molecule has 0 spiro atoms. The molecule has 2 heterocycles. The predicted octanol–water partition coefficient (Wildman–Crippen LogP) is 0.513. The lowest BCUT2D eigenvalue weighted by Gasteiger charge is -2.31. The van der Waals surface area contributed by atoms with Crippen molar-refractivity contribution in [1.82, 2.24) is 15.5 Å². The van der Waals surface area contributed by atoms with Crippen molar-refractivity contribution >= 4 is 23.5 Å². The lowest BCUT2D eigenvalue weighted by atomic mass is 9.93. The van der Waals surface area contributed by atoms with E-state index in [1.165, 1.54) is 0 Å². The van der Waals surface area contributed by atoms with Crippen LogP contribution in [-0.2, 0) is 9.59 Å². The number of rotatable bonds is 5. The Balaban J connectivity index is 1.51. The number of hydrogen-bond donors (Lipinski definition) is 4. The van der Waals surface area contributed by atoms with Gasteiger partial charge in [-0.15, -0.1) is 0 Å². The smallest absolute Gasteiger partial charge is 0.303 e. The van der Waals surface area contributed by atoms with Gasteiger partial charge in [0.2, 0.25) is 5.91 Å². The number of benzene rings is 1. The van der Waals surface area contributed by atoms with Gasteiger partial charge in [0.15, 0.2) is 0 Å². The van der Waals surface area contributed by atoms with E-state index in [-0.39, 0.29) is 30.2 Å². The largest absolute Gasteiger partial charge is 0.481 e. The molecule has 3 rings (SSSR count). The van der Waals surface area contributed by atoms with Gasteiger partial charge in [-0.05, 0) is 43.0 Å². The van der Waals surface area contributed by atoms with Gasteiger partial charge in [-0.3, -0.25) is 14.4 Å². The van der Waals surface area contributed by atoms with Crippen LogP contribution in [0.3, 0.4) is 0 Å². The van der Waals surface area contributed by atoms with Crippen LogP contribution in [-0.4, -0.2) is 66.6 Å². The molecule has 0 aromatic heterocycles. The van der Waals surface area contributed by atoms with E-state index in [1.807, 2.05) is 0 Å². The molecule has 1 unspecified atom stereocenters. The molecule has 2 fully saturated rings. The van der Waals surface area contributed by atoms with Gasteiger partial charge in [-0.2, -0.15) is 0 Å². The predicted molar refractivity (Wildman–Crippen MR) is 101 cm³/mol. The number of likely N-dealkylation sites (tertiary alicyclic amines) is 1. The summed E-state index contributed by atoms with van der Waals surface area (Å²) in [7, 11) is 0. The Kier molecular flexibility index (Phi) is 6.41. The zero-order valence-electron chi connectivity index (χ0n) is 15.2. The fourth-order valence-electron chi connectivity index (χ4n) is 3.53. The SMILES string of the molecule is O=C(O)CC1CCN(C(=O)c2ccc(NC(=O)C3CNCCN3)cc2)CC1. The van der Waals surface area contributed by atoms with Crippen molar-refractivity contribution in [3.8, 4) is 0 Å². The van der Waals surface area contributed by atoms with Crippen molar-refractivity contribution in [3.05, 3.63) is 29.8 Å². The zero-order chi connectivity index (χ0) is 19.2. The zero-order valence-corrected chi connectivity index (χ0v) is 15.2. The summed E-state index contributed by atoms with van der Waals surface area (Å²) in [5, 5.41) is 18.1. The number of anilines is 1. The number of carbonyl (C=O) groups excluding carboxylic acids is 2. The molecule has 2 saturated heterocycles. The molecule has 0 aliphatic carbocycles. The monoisotopic (exact) mass is 374 g/mol. The number of carbonyl (C=O) groups is 3. The molecule has 0 saturated carbocycles. The van der Waals surface area contributed by atoms with E-state index in [0.717, 1.165) is 13.1 Å². The molecule has 2 aliphatic heterocycles. The molecule has 146 valence electrons. The van der Waals surface area contributed by atoms with Crippen molar-refractivity contribution in [1.29, 1.82) is 0 Å². The first-order valence-electron chi connectivity index (χ1n) is 9.39. The Morgan fingerprint density at radius 3 is 2.41 bits per heavy atom. The molecule has 0 bridgehead atoms. The number of nitrogens with one attached hydrogen (secondary N) is 3. The summed E-state index contributed by atoms with van der Waals surface area (Å²) in [5.74, 6) is -0.787. The maximum atomic E-state index is 12.6. The van der Waals surface area contributed by atoms with Crippen molar-refractivity contribution in [2.75, 3.05) is 38.0 Å². The highest BCUT2D eigenvalue weighted by Crippen LogP contribution is 2.22. The normalized spacial score (nSPS) is 20.9. The summed E-state index contributed by atoms with van der Waals surface area (Å²) in [5.41, 5.74) is 1.23. The summed E-state index contributed by atoms with van der Waals surface area (Å²) in [6, 6.07) is 6.64. The number of piperazine rings is 1. The molecule has 1 atom stereocenters. The Morgan fingerprint density at radius 1 is 1.11 bits per heavy atom. The molecule has 8 heteroatoms. The van der Waals surface area contributed by atoms with Crippen molar-refractivity contribution in [3.63, 3.8) is 0 Å². The van der Waals surface area contributed by atoms with E-state index in [1.54, 1.807) is 29.2 Å². The summed E-state index contributed by atoms with van der Waals surface area (Å²) < 4.78 is 0. The highest BCUT2D eigenvalue weighted by atomic mass is 16.4. The van der Waals surface area contributed by atoms with E-state index < -0.39 is 5.97 Å². The Bertz CT molecular complexity index is 677. The average molecular weight is 374 g/mol. The standard InChI is InChI=1S/C19H26N4O4/c24-17(25)11-13-5-9-23(10-6-13)19(27)14-1-3-15(4-2-14)22-18(26)16-12-20-7-8-21-16/h1-4,13,16,20-21H,5-12H2,(H,22,26)(H,24,25).